The molecule has 0 heterocycles. The molecule has 0 atom stereocenters. The van der Waals surface area contributed by atoms with Crippen molar-refractivity contribution >= 4 is 0 Å². The van der Waals surface area contributed by atoms with Gasteiger partial charge < -0.3 is 0 Å². The highest BCUT2D eigenvalue weighted by Gasteiger charge is 1.87. The molecule has 0 spiro atoms. The van der Waals surface area contributed by atoms with Gasteiger partial charge in [-0.1, -0.05) is 95.7 Å². The number of hydrogen-bond donors (Lipinski definition) is 0. The van der Waals surface area contributed by atoms with Crippen molar-refractivity contribution in [2.75, 3.05) is 0 Å². The molecular formula is C18H36. The van der Waals surface area contributed by atoms with E-state index in [1.54, 1.807) is 0 Å². The lowest BCUT2D eigenvalue weighted by Gasteiger charge is -1.96. The summed E-state index contributed by atoms with van der Waals surface area (Å²) in [7, 11) is 0. The van der Waals surface area contributed by atoms with E-state index in [4.69, 9.17) is 0 Å². The van der Waals surface area contributed by atoms with Crippen LogP contribution < -0.4 is 0 Å². The molecule has 108 valence electrons. The Bertz CT molecular complexity index is 193. The van der Waals surface area contributed by atoms with Gasteiger partial charge in [0.05, 0.1) is 0 Å². The van der Waals surface area contributed by atoms with Gasteiger partial charge in [-0.3, -0.25) is 0 Å². The van der Waals surface area contributed by atoms with Crippen LogP contribution in [0.5, 0.6) is 0 Å². The highest BCUT2D eigenvalue weighted by molar-refractivity contribution is 5.27. The molecule has 0 radical (unpaired) electrons. The summed E-state index contributed by atoms with van der Waals surface area (Å²) in [6, 6.07) is 6.56. The maximum Gasteiger partial charge on any atom is -0.0398 e. The van der Waals surface area contributed by atoms with E-state index in [0.717, 1.165) is 0 Å². The molecule has 1 aromatic carbocycles. The van der Waals surface area contributed by atoms with Crippen LogP contribution in [0, 0.1) is 20.8 Å². The van der Waals surface area contributed by atoms with Gasteiger partial charge in [0.2, 0.25) is 0 Å². The van der Waals surface area contributed by atoms with E-state index < -0.39 is 0 Å². The summed E-state index contributed by atoms with van der Waals surface area (Å²) >= 11 is 0. The van der Waals surface area contributed by atoms with Gasteiger partial charge >= 0.3 is 0 Å². The highest BCUT2D eigenvalue weighted by atomic mass is 13.9. The predicted octanol–water partition coefficient (Wildman–Crippen LogP) is 6.86. The molecule has 0 nitrogen and oxygen atoms in total. The predicted molar refractivity (Wildman–Crippen MR) is 88.5 cm³/mol. The molecule has 0 heteroatoms. The highest BCUT2D eigenvalue weighted by Crippen LogP contribution is 2.06. The molecular weight excluding hydrogens is 216 g/mol. The van der Waals surface area contributed by atoms with Crippen molar-refractivity contribution in [3.05, 3.63) is 34.9 Å². The van der Waals surface area contributed by atoms with Crippen LogP contribution >= 0.6 is 0 Å². The molecule has 1 rings (SSSR count). The molecule has 0 aliphatic rings. The Hall–Kier alpha value is -0.780. The maximum absolute atomic E-state index is 2.19. The Morgan fingerprint density at radius 1 is 0.500 bits per heavy atom. The monoisotopic (exact) mass is 252 g/mol. The van der Waals surface area contributed by atoms with Crippen molar-refractivity contribution in [1.29, 1.82) is 0 Å². The minimum absolute atomic E-state index is 1.25. The molecule has 0 aromatic heterocycles. The molecule has 0 unspecified atom stereocenters. The van der Waals surface area contributed by atoms with Crippen LogP contribution in [0.4, 0.5) is 0 Å². The van der Waals surface area contributed by atoms with Gasteiger partial charge in [-0.2, -0.15) is 0 Å². The van der Waals surface area contributed by atoms with Gasteiger partial charge in [-0.25, -0.2) is 0 Å². The molecule has 0 fully saturated rings. The summed E-state index contributed by atoms with van der Waals surface area (Å²) in [5.41, 5.74) is 4.06. The van der Waals surface area contributed by atoms with Crippen LogP contribution in [0.25, 0.3) is 0 Å². The van der Waals surface area contributed by atoms with Gasteiger partial charge in [0, 0.05) is 0 Å². The van der Waals surface area contributed by atoms with E-state index in [1.165, 1.54) is 36.0 Å². The van der Waals surface area contributed by atoms with E-state index in [1.807, 2.05) is 0 Å². The normalized spacial score (nSPS) is 7.83. The lowest BCUT2D eigenvalue weighted by atomic mass is 10.1. The summed E-state index contributed by atoms with van der Waals surface area (Å²) in [4.78, 5) is 0. The van der Waals surface area contributed by atoms with E-state index in [2.05, 4.69) is 80.5 Å². The molecule has 18 heavy (non-hydrogen) atoms. The molecule has 0 saturated heterocycles. The minimum Gasteiger partial charge on any atom is -0.0656 e. The number of benzene rings is 1. The van der Waals surface area contributed by atoms with E-state index in [-0.39, 0.29) is 0 Å². The zero-order chi connectivity index (χ0) is 15.0. The molecule has 0 bridgehead atoms. The zero-order valence-corrected chi connectivity index (χ0v) is 14.4. The third kappa shape index (κ3) is 24.4. The van der Waals surface area contributed by atoms with Crippen LogP contribution in [0.15, 0.2) is 18.2 Å². The van der Waals surface area contributed by atoms with E-state index in [9.17, 15) is 0 Å². The fraction of sp³-hybridized carbons (Fsp3) is 0.667. The Balaban J connectivity index is -0.000000210. The SMILES string of the molecule is CCC.CCC.CCC.Cc1cc(C)cc(C)c1. The lowest BCUT2D eigenvalue weighted by molar-refractivity contribution is 1.09. The molecule has 0 aliphatic heterocycles. The Morgan fingerprint density at radius 3 is 0.722 bits per heavy atom. The molecule has 0 saturated carbocycles. The first-order valence-corrected chi connectivity index (χ1v) is 7.47. The summed E-state index contributed by atoms with van der Waals surface area (Å²) in [6.45, 7) is 19.1. The lowest BCUT2D eigenvalue weighted by Crippen LogP contribution is -1.78. The van der Waals surface area contributed by atoms with Crippen LogP contribution in [0.2, 0.25) is 0 Å². The number of hydrogen-bond acceptors (Lipinski definition) is 0. The Labute approximate surface area is 117 Å². The van der Waals surface area contributed by atoms with Crippen LogP contribution in [0.3, 0.4) is 0 Å². The average molecular weight is 252 g/mol. The van der Waals surface area contributed by atoms with Gasteiger partial charge in [-0.15, -0.1) is 0 Å². The Morgan fingerprint density at radius 2 is 0.611 bits per heavy atom. The van der Waals surface area contributed by atoms with Crippen molar-refractivity contribution in [3.8, 4) is 0 Å². The maximum atomic E-state index is 2.19. The molecule has 1 aromatic rings. The topological polar surface area (TPSA) is 0 Å². The first-order valence-electron chi connectivity index (χ1n) is 7.47. The first-order chi connectivity index (χ1) is 8.42. The summed E-state index contributed by atoms with van der Waals surface area (Å²) in [6.07, 6.45) is 3.75. The second-order valence-corrected chi connectivity index (χ2v) is 4.79. The van der Waals surface area contributed by atoms with Crippen molar-refractivity contribution in [2.45, 2.75) is 81.6 Å². The number of rotatable bonds is 0. The fourth-order valence-electron chi connectivity index (χ4n) is 1.20. The summed E-state index contributed by atoms with van der Waals surface area (Å²) in [5, 5.41) is 0. The number of aryl methyl sites for hydroxylation is 3. The van der Waals surface area contributed by atoms with Crippen molar-refractivity contribution in [2.24, 2.45) is 0 Å². The van der Waals surface area contributed by atoms with Crippen LogP contribution in [-0.2, 0) is 0 Å². The zero-order valence-electron chi connectivity index (χ0n) is 14.4. The smallest absolute Gasteiger partial charge is 0.0398 e. The third-order valence-electron chi connectivity index (χ3n) is 1.37. The van der Waals surface area contributed by atoms with Crippen LogP contribution in [-0.4, -0.2) is 0 Å². The third-order valence-corrected chi connectivity index (χ3v) is 1.37. The second kappa shape index (κ2) is 18.6. The molecule has 0 aliphatic carbocycles. The molecule has 0 N–H and O–H groups in total. The van der Waals surface area contributed by atoms with Gasteiger partial charge in [0.25, 0.3) is 0 Å². The largest absolute Gasteiger partial charge is 0.0656 e. The van der Waals surface area contributed by atoms with Crippen LogP contribution in [0.1, 0.15) is 77.5 Å². The molecule has 0 amide bonds. The standard InChI is InChI=1S/C9H12.3C3H8/c1-7-4-8(2)6-9(3)5-7;3*1-3-2/h4-6H,1-3H3;3*3H2,1-2H3. The summed E-state index contributed by atoms with van der Waals surface area (Å²) < 4.78 is 0. The van der Waals surface area contributed by atoms with E-state index in [0.29, 0.717) is 0 Å². The first kappa shape index (κ1) is 22.4. The van der Waals surface area contributed by atoms with Gasteiger partial charge in [0.1, 0.15) is 0 Å². The van der Waals surface area contributed by atoms with Gasteiger partial charge in [0.15, 0.2) is 0 Å². The average Bonchev–Trinajstić information content (AvgIpc) is 2.18. The minimum atomic E-state index is 1.25. The van der Waals surface area contributed by atoms with Crippen molar-refractivity contribution < 1.29 is 0 Å². The summed E-state index contributed by atoms with van der Waals surface area (Å²) in [5.74, 6) is 0. The van der Waals surface area contributed by atoms with E-state index >= 15 is 0 Å². The van der Waals surface area contributed by atoms with Gasteiger partial charge in [-0.05, 0) is 20.8 Å². The van der Waals surface area contributed by atoms with Crippen molar-refractivity contribution in [1.82, 2.24) is 0 Å². The quantitative estimate of drug-likeness (QED) is 0.473. The fourth-order valence-corrected chi connectivity index (χ4v) is 1.20. The Kier molecular flexibility index (Phi) is 23.1. The second-order valence-electron chi connectivity index (χ2n) is 4.79. The van der Waals surface area contributed by atoms with Crippen molar-refractivity contribution in [3.63, 3.8) is 0 Å².